The summed E-state index contributed by atoms with van der Waals surface area (Å²) in [6, 6.07) is 11.7. The predicted octanol–water partition coefficient (Wildman–Crippen LogP) is 3.51. The highest BCUT2D eigenvalue weighted by Gasteiger charge is 2.08. The highest BCUT2D eigenvalue weighted by molar-refractivity contribution is 7.14. The van der Waals surface area contributed by atoms with Gasteiger partial charge in [0.15, 0.2) is 4.80 Å². The molecule has 0 saturated heterocycles. The molecule has 2 aromatic heterocycles. The van der Waals surface area contributed by atoms with E-state index in [1.807, 2.05) is 30.3 Å². The molecule has 22 heavy (non-hydrogen) atoms. The summed E-state index contributed by atoms with van der Waals surface area (Å²) >= 11 is 3.27. The second-order valence-electron chi connectivity index (χ2n) is 4.57. The standard InChI is InChI=1S/C16H16N2O2S2/c1-20-13-6-4-12(5-7-13)17-16-18(8-9-19)14(11-22-16)15-3-2-10-21-15/h2-7,10-11,19H,8-9H2,1H3. The molecule has 2 heterocycles. The fourth-order valence-electron chi connectivity index (χ4n) is 2.12. The van der Waals surface area contributed by atoms with Gasteiger partial charge in [-0.3, -0.25) is 0 Å². The van der Waals surface area contributed by atoms with Crippen LogP contribution in [0.25, 0.3) is 10.6 Å². The van der Waals surface area contributed by atoms with Crippen molar-refractivity contribution >= 4 is 28.4 Å². The van der Waals surface area contributed by atoms with Crippen molar-refractivity contribution in [2.24, 2.45) is 4.99 Å². The second-order valence-corrected chi connectivity index (χ2v) is 6.35. The van der Waals surface area contributed by atoms with Crippen molar-refractivity contribution in [1.29, 1.82) is 0 Å². The van der Waals surface area contributed by atoms with Gasteiger partial charge in [0, 0.05) is 11.9 Å². The highest BCUT2D eigenvalue weighted by atomic mass is 32.1. The molecule has 1 N–H and O–H groups in total. The Hall–Kier alpha value is -1.89. The monoisotopic (exact) mass is 332 g/mol. The fraction of sp³-hybridized carbons (Fsp3) is 0.188. The Morgan fingerprint density at radius 1 is 1.18 bits per heavy atom. The van der Waals surface area contributed by atoms with E-state index in [4.69, 9.17) is 4.74 Å². The summed E-state index contributed by atoms with van der Waals surface area (Å²) < 4.78 is 7.22. The van der Waals surface area contributed by atoms with E-state index in [9.17, 15) is 5.11 Å². The molecule has 0 radical (unpaired) electrons. The van der Waals surface area contributed by atoms with Crippen LogP contribution in [-0.2, 0) is 6.54 Å². The number of hydrogen-bond acceptors (Lipinski definition) is 5. The van der Waals surface area contributed by atoms with E-state index in [1.165, 1.54) is 4.88 Å². The number of benzene rings is 1. The number of rotatable bonds is 5. The van der Waals surface area contributed by atoms with Crippen LogP contribution in [0.3, 0.4) is 0 Å². The number of thiazole rings is 1. The molecular weight excluding hydrogens is 316 g/mol. The van der Waals surface area contributed by atoms with Gasteiger partial charge in [-0.2, -0.15) is 0 Å². The fourth-order valence-corrected chi connectivity index (χ4v) is 3.90. The Labute approximate surface area is 136 Å². The number of methoxy groups -OCH3 is 1. The molecule has 0 aliphatic carbocycles. The Morgan fingerprint density at radius 2 is 2.00 bits per heavy atom. The van der Waals surface area contributed by atoms with Gasteiger partial charge < -0.3 is 14.4 Å². The van der Waals surface area contributed by atoms with E-state index in [0.29, 0.717) is 6.54 Å². The van der Waals surface area contributed by atoms with Gasteiger partial charge in [0.2, 0.25) is 0 Å². The molecule has 0 unspecified atom stereocenters. The minimum atomic E-state index is 0.0882. The Morgan fingerprint density at radius 3 is 2.64 bits per heavy atom. The Balaban J connectivity index is 2.04. The first kappa shape index (κ1) is 15.0. The van der Waals surface area contributed by atoms with Gasteiger partial charge in [0.1, 0.15) is 5.75 Å². The number of thiophene rings is 1. The summed E-state index contributed by atoms with van der Waals surface area (Å²) in [7, 11) is 1.65. The van der Waals surface area contributed by atoms with E-state index in [1.54, 1.807) is 29.8 Å². The van der Waals surface area contributed by atoms with Crippen molar-refractivity contribution in [1.82, 2.24) is 4.57 Å². The van der Waals surface area contributed by atoms with Crippen LogP contribution in [0.4, 0.5) is 5.69 Å². The smallest absolute Gasteiger partial charge is 0.190 e. The van der Waals surface area contributed by atoms with E-state index in [0.717, 1.165) is 21.9 Å². The first-order chi connectivity index (χ1) is 10.8. The van der Waals surface area contributed by atoms with Gasteiger partial charge in [0.25, 0.3) is 0 Å². The van der Waals surface area contributed by atoms with Gasteiger partial charge in [-0.25, -0.2) is 4.99 Å². The van der Waals surface area contributed by atoms with E-state index in [-0.39, 0.29) is 6.61 Å². The Kier molecular flexibility index (Phi) is 4.72. The molecule has 0 spiro atoms. The number of aliphatic hydroxyl groups is 1. The van der Waals surface area contributed by atoms with Crippen LogP contribution >= 0.6 is 22.7 Å². The lowest BCUT2D eigenvalue weighted by Gasteiger charge is -2.05. The minimum absolute atomic E-state index is 0.0882. The lowest BCUT2D eigenvalue weighted by atomic mass is 10.3. The van der Waals surface area contributed by atoms with Gasteiger partial charge in [-0.05, 0) is 35.7 Å². The van der Waals surface area contributed by atoms with E-state index >= 15 is 0 Å². The maximum Gasteiger partial charge on any atom is 0.190 e. The van der Waals surface area contributed by atoms with Crippen LogP contribution in [0.1, 0.15) is 0 Å². The molecule has 0 fully saturated rings. The second kappa shape index (κ2) is 6.91. The van der Waals surface area contributed by atoms with Crippen molar-refractivity contribution in [3.8, 4) is 16.3 Å². The molecule has 114 valence electrons. The normalized spacial score (nSPS) is 11.8. The van der Waals surface area contributed by atoms with Gasteiger partial charge >= 0.3 is 0 Å². The molecule has 0 saturated carbocycles. The van der Waals surface area contributed by atoms with Crippen LogP contribution in [-0.4, -0.2) is 23.4 Å². The third kappa shape index (κ3) is 3.14. The van der Waals surface area contributed by atoms with Crippen molar-refractivity contribution in [3.63, 3.8) is 0 Å². The molecule has 3 rings (SSSR count). The lowest BCUT2D eigenvalue weighted by molar-refractivity contribution is 0.275. The predicted molar refractivity (Wildman–Crippen MR) is 90.9 cm³/mol. The third-order valence-electron chi connectivity index (χ3n) is 3.19. The summed E-state index contributed by atoms with van der Waals surface area (Å²) in [6.45, 7) is 0.622. The summed E-state index contributed by atoms with van der Waals surface area (Å²) in [5, 5.41) is 13.5. The van der Waals surface area contributed by atoms with Gasteiger partial charge in [-0.15, -0.1) is 22.7 Å². The first-order valence-electron chi connectivity index (χ1n) is 6.83. The van der Waals surface area contributed by atoms with Gasteiger partial charge in [-0.1, -0.05) is 6.07 Å². The lowest BCUT2D eigenvalue weighted by Crippen LogP contribution is -2.17. The number of aliphatic hydroxyl groups excluding tert-OH is 1. The maximum atomic E-state index is 9.35. The molecular formula is C16H16N2O2S2. The zero-order chi connectivity index (χ0) is 15.4. The maximum absolute atomic E-state index is 9.35. The molecule has 1 aromatic carbocycles. The summed E-state index contributed by atoms with van der Waals surface area (Å²) in [4.78, 5) is 6.74. The number of nitrogens with zero attached hydrogens (tertiary/aromatic N) is 2. The molecule has 0 aliphatic heterocycles. The van der Waals surface area contributed by atoms with Crippen molar-refractivity contribution in [2.75, 3.05) is 13.7 Å². The summed E-state index contributed by atoms with van der Waals surface area (Å²) in [5.41, 5.74) is 1.97. The Bertz CT molecular complexity index is 786. The summed E-state index contributed by atoms with van der Waals surface area (Å²) in [5.74, 6) is 0.813. The van der Waals surface area contributed by atoms with Gasteiger partial charge in [0.05, 0.1) is 30.0 Å². The molecule has 0 atom stereocenters. The average Bonchev–Trinajstić information content (AvgIpc) is 3.19. The first-order valence-corrected chi connectivity index (χ1v) is 8.59. The average molecular weight is 332 g/mol. The zero-order valence-corrected chi connectivity index (χ0v) is 13.7. The van der Waals surface area contributed by atoms with Crippen LogP contribution in [0, 0.1) is 0 Å². The SMILES string of the molecule is COc1ccc(N=c2scc(-c3cccs3)n2CCO)cc1. The molecule has 3 aromatic rings. The minimum Gasteiger partial charge on any atom is -0.497 e. The molecule has 0 aliphatic rings. The van der Waals surface area contributed by atoms with E-state index < -0.39 is 0 Å². The quantitative estimate of drug-likeness (QED) is 0.777. The molecule has 6 heteroatoms. The summed E-state index contributed by atoms with van der Waals surface area (Å²) in [6.07, 6.45) is 0. The molecule has 4 nitrogen and oxygen atoms in total. The van der Waals surface area contributed by atoms with Crippen molar-refractivity contribution in [3.05, 3.63) is 52.0 Å². The number of aromatic nitrogens is 1. The van der Waals surface area contributed by atoms with Crippen molar-refractivity contribution in [2.45, 2.75) is 6.54 Å². The molecule has 0 amide bonds. The largest absolute Gasteiger partial charge is 0.497 e. The number of ether oxygens (including phenoxy) is 1. The highest BCUT2D eigenvalue weighted by Crippen LogP contribution is 2.25. The zero-order valence-electron chi connectivity index (χ0n) is 12.1. The van der Waals surface area contributed by atoms with Crippen LogP contribution < -0.4 is 9.54 Å². The van der Waals surface area contributed by atoms with Crippen molar-refractivity contribution < 1.29 is 9.84 Å². The van der Waals surface area contributed by atoms with E-state index in [2.05, 4.69) is 26.4 Å². The topological polar surface area (TPSA) is 46.8 Å². The number of hydrogen-bond donors (Lipinski definition) is 1. The van der Waals surface area contributed by atoms with Crippen LogP contribution in [0.15, 0.2) is 52.2 Å². The van der Waals surface area contributed by atoms with Crippen LogP contribution in [0.5, 0.6) is 5.75 Å². The third-order valence-corrected chi connectivity index (χ3v) is 4.95. The molecule has 0 bridgehead atoms. The van der Waals surface area contributed by atoms with Crippen LogP contribution in [0.2, 0.25) is 0 Å².